The van der Waals surface area contributed by atoms with Crippen molar-refractivity contribution >= 4 is 5.91 Å². The highest BCUT2D eigenvalue weighted by Crippen LogP contribution is 2.21. The molecule has 3 unspecified atom stereocenters. The molecule has 1 amide bonds. The first-order valence-electron chi connectivity index (χ1n) is 6.38. The van der Waals surface area contributed by atoms with E-state index in [4.69, 9.17) is 14.9 Å². The normalized spacial score (nSPS) is 25.0. The molecule has 0 saturated heterocycles. The van der Waals surface area contributed by atoms with E-state index in [2.05, 4.69) is 5.32 Å². The molecular weight excluding hydrogens is 232 g/mol. The van der Waals surface area contributed by atoms with Gasteiger partial charge in [0.1, 0.15) is 11.9 Å². The quantitative estimate of drug-likeness (QED) is 0.825. The number of furan rings is 1. The number of carbonyl (C=O) groups is 1. The van der Waals surface area contributed by atoms with E-state index in [1.54, 1.807) is 19.3 Å². The van der Waals surface area contributed by atoms with Crippen molar-refractivity contribution in [2.24, 2.45) is 5.73 Å². The zero-order valence-corrected chi connectivity index (χ0v) is 10.6. The number of rotatable bonds is 5. The molecule has 0 spiro atoms. The molecule has 5 nitrogen and oxygen atoms in total. The van der Waals surface area contributed by atoms with Crippen LogP contribution in [0.1, 0.15) is 31.9 Å². The second kappa shape index (κ2) is 6.02. The Morgan fingerprint density at radius 2 is 2.50 bits per heavy atom. The summed E-state index contributed by atoms with van der Waals surface area (Å²) in [6.07, 6.45) is 4.11. The Kier molecular flexibility index (Phi) is 4.38. The van der Waals surface area contributed by atoms with Gasteiger partial charge in [-0.25, -0.2) is 0 Å². The minimum atomic E-state index is -0.478. The highest BCUT2D eigenvalue weighted by atomic mass is 16.5. The Labute approximate surface area is 107 Å². The number of carbonyl (C=O) groups excluding carboxylic acids is 1. The van der Waals surface area contributed by atoms with Gasteiger partial charge in [-0.2, -0.15) is 0 Å². The standard InChI is InChI=1S/C13H20N2O3/c1-9(18-12-6-2-5-11(12)14)13(16)15-8-10-4-3-7-17-10/h3-4,7,9,11-12H,2,5-6,8,14H2,1H3,(H,15,16). The molecular formula is C13H20N2O3. The molecule has 1 saturated carbocycles. The van der Waals surface area contributed by atoms with E-state index in [0.29, 0.717) is 6.54 Å². The molecule has 1 fully saturated rings. The predicted molar refractivity (Wildman–Crippen MR) is 66.7 cm³/mol. The SMILES string of the molecule is CC(OC1CCCC1N)C(=O)NCc1ccco1. The van der Waals surface area contributed by atoms with Crippen LogP contribution in [0.3, 0.4) is 0 Å². The number of nitrogens with one attached hydrogen (secondary N) is 1. The fourth-order valence-electron chi connectivity index (χ4n) is 2.18. The maximum Gasteiger partial charge on any atom is 0.249 e. The van der Waals surface area contributed by atoms with Gasteiger partial charge in [0, 0.05) is 6.04 Å². The van der Waals surface area contributed by atoms with Crippen molar-refractivity contribution < 1.29 is 13.9 Å². The molecule has 1 heterocycles. The highest BCUT2D eigenvalue weighted by Gasteiger charge is 2.28. The summed E-state index contributed by atoms with van der Waals surface area (Å²) in [5, 5.41) is 2.78. The number of nitrogens with two attached hydrogens (primary N) is 1. The summed E-state index contributed by atoms with van der Waals surface area (Å²) in [7, 11) is 0. The first-order valence-corrected chi connectivity index (χ1v) is 6.38. The fourth-order valence-corrected chi connectivity index (χ4v) is 2.18. The predicted octanol–water partition coefficient (Wildman–Crippen LogP) is 1.18. The van der Waals surface area contributed by atoms with Gasteiger partial charge in [0.25, 0.3) is 0 Å². The molecule has 100 valence electrons. The van der Waals surface area contributed by atoms with Crippen molar-refractivity contribution in [1.29, 1.82) is 0 Å². The lowest BCUT2D eigenvalue weighted by molar-refractivity contribution is -0.135. The van der Waals surface area contributed by atoms with Gasteiger partial charge < -0.3 is 20.2 Å². The summed E-state index contributed by atoms with van der Waals surface area (Å²) < 4.78 is 10.8. The third-order valence-corrected chi connectivity index (χ3v) is 3.27. The van der Waals surface area contributed by atoms with Crippen molar-refractivity contribution in [3.63, 3.8) is 0 Å². The molecule has 18 heavy (non-hydrogen) atoms. The first-order chi connectivity index (χ1) is 8.66. The lowest BCUT2D eigenvalue weighted by Gasteiger charge is -2.21. The van der Waals surface area contributed by atoms with Gasteiger partial charge >= 0.3 is 0 Å². The van der Waals surface area contributed by atoms with E-state index in [1.807, 2.05) is 6.07 Å². The smallest absolute Gasteiger partial charge is 0.249 e. The maximum atomic E-state index is 11.8. The van der Waals surface area contributed by atoms with E-state index in [9.17, 15) is 4.79 Å². The van der Waals surface area contributed by atoms with Crippen molar-refractivity contribution in [3.8, 4) is 0 Å². The molecule has 1 aromatic rings. The molecule has 3 atom stereocenters. The molecule has 1 aliphatic rings. The average Bonchev–Trinajstić information content (AvgIpc) is 2.99. The van der Waals surface area contributed by atoms with Crippen molar-refractivity contribution in [1.82, 2.24) is 5.32 Å². The van der Waals surface area contributed by atoms with Gasteiger partial charge in [-0.3, -0.25) is 4.79 Å². The van der Waals surface area contributed by atoms with Gasteiger partial charge in [0.15, 0.2) is 0 Å². The Morgan fingerprint density at radius 1 is 1.67 bits per heavy atom. The molecule has 0 bridgehead atoms. The topological polar surface area (TPSA) is 77.5 Å². The summed E-state index contributed by atoms with van der Waals surface area (Å²) >= 11 is 0. The average molecular weight is 252 g/mol. The molecule has 3 N–H and O–H groups in total. The van der Waals surface area contributed by atoms with Crippen molar-refractivity contribution in [3.05, 3.63) is 24.2 Å². The van der Waals surface area contributed by atoms with Gasteiger partial charge in [-0.15, -0.1) is 0 Å². The van der Waals surface area contributed by atoms with E-state index in [-0.39, 0.29) is 18.1 Å². The van der Waals surface area contributed by atoms with Crippen LogP contribution in [0, 0.1) is 0 Å². The lowest BCUT2D eigenvalue weighted by Crippen LogP contribution is -2.40. The maximum absolute atomic E-state index is 11.8. The summed E-state index contributed by atoms with van der Waals surface area (Å²) in [6, 6.07) is 3.67. The van der Waals surface area contributed by atoms with Crippen molar-refractivity contribution in [2.75, 3.05) is 0 Å². The number of hydrogen-bond donors (Lipinski definition) is 2. The fraction of sp³-hybridized carbons (Fsp3) is 0.615. The number of amides is 1. The first kappa shape index (κ1) is 13.1. The molecule has 1 aromatic heterocycles. The van der Waals surface area contributed by atoms with Crippen LogP contribution in [-0.2, 0) is 16.1 Å². The van der Waals surface area contributed by atoms with Crippen LogP contribution in [0.25, 0.3) is 0 Å². The lowest BCUT2D eigenvalue weighted by atomic mass is 10.2. The van der Waals surface area contributed by atoms with Crippen molar-refractivity contribution in [2.45, 2.75) is 51.0 Å². The molecule has 5 heteroatoms. The number of ether oxygens (including phenoxy) is 1. The highest BCUT2D eigenvalue weighted by molar-refractivity contribution is 5.80. The third kappa shape index (κ3) is 3.34. The van der Waals surface area contributed by atoms with Crippen LogP contribution in [0.4, 0.5) is 0 Å². The van der Waals surface area contributed by atoms with Crippen LogP contribution in [-0.4, -0.2) is 24.2 Å². The van der Waals surface area contributed by atoms with E-state index in [1.165, 1.54) is 0 Å². The summed E-state index contributed by atoms with van der Waals surface area (Å²) in [4.78, 5) is 11.8. The summed E-state index contributed by atoms with van der Waals surface area (Å²) in [6.45, 7) is 2.14. The van der Waals surface area contributed by atoms with Crippen LogP contribution in [0.15, 0.2) is 22.8 Å². The molecule has 1 aliphatic carbocycles. The zero-order chi connectivity index (χ0) is 13.0. The van der Waals surface area contributed by atoms with Crippen LogP contribution in [0.2, 0.25) is 0 Å². The molecule has 0 aromatic carbocycles. The molecule has 2 rings (SSSR count). The Bertz CT molecular complexity index is 378. The second-order valence-corrected chi connectivity index (χ2v) is 4.71. The van der Waals surface area contributed by atoms with Gasteiger partial charge in [0.05, 0.1) is 18.9 Å². The Hall–Kier alpha value is -1.33. The summed E-state index contributed by atoms with van der Waals surface area (Å²) in [5.74, 6) is 0.596. The van der Waals surface area contributed by atoms with Gasteiger partial charge in [-0.05, 0) is 38.3 Å². The number of hydrogen-bond acceptors (Lipinski definition) is 4. The van der Waals surface area contributed by atoms with E-state index < -0.39 is 6.10 Å². The van der Waals surface area contributed by atoms with Gasteiger partial charge in [-0.1, -0.05) is 0 Å². The Morgan fingerprint density at radius 3 is 3.11 bits per heavy atom. The van der Waals surface area contributed by atoms with Crippen LogP contribution >= 0.6 is 0 Å². The monoisotopic (exact) mass is 252 g/mol. The zero-order valence-electron chi connectivity index (χ0n) is 10.6. The van der Waals surface area contributed by atoms with E-state index in [0.717, 1.165) is 25.0 Å². The van der Waals surface area contributed by atoms with Gasteiger partial charge in [0.2, 0.25) is 5.91 Å². The largest absolute Gasteiger partial charge is 0.467 e. The molecule has 0 radical (unpaired) electrons. The molecule has 0 aliphatic heterocycles. The minimum absolute atomic E-state index is 0.00867. The third-order valence-electron chi connectivity index (χ3n) is 3.27. The van der Waals surface area contributed by atoms with Crippen LogP contribution < -0.4 is 11.1 Å². The second-order valence-electron chi connectivity index (χ2n) is 4.71. The Balaban J connectivity index is 1.74. The summed E-state index contributed by atoms with van der Waals surface area (Å²) in [5.41, 5.74) is 5.91. The minimum Gasteiger partial charge on any atom is -0.467 e. The van der Waals surface area contributed by atoms with E-state index >= 15 is 0 Å². The van der Waals surface area contributed by atoms with Crippen LogP contribution in [0.5, 0.6) is 0 Å².